The molecule has 0 aliphatic carbocycles. The molecule has 3 N–H and O–H groups in total. The normalized spacial score (nSPS) is 11.5. The summed E-state index contributed by atoms with van der Waals surface area (Å²) in [5, 5.41) is 2.70. The average Bonchev–Trinajstić information content (AvgIpc) is 2.24. The molecular weight excluding hydrogens is 254 g/mol. The summed E-state index contributed by atoms with van der Waals surface area (Å²) in [4.78, 5) is 13.7. The van der Waals surface area contributed by atoms with Gasteiger partial charge in [0.2, 0.25) is 0 Å². The topological polar surface area (TPSA) is 67.6 Å². The SMILES string of the molecule is CN(C)Cc1ccc(CNC(=O)OC(C)(C)C)c(N)c1. The Labute approximate surface area is 121 Å². The molecule has 0 fully saturated rings. The lowest BCUT2D eigenvalue weighted by molar-refractivity contribution is 0.0523. The fourth-order valence-corrected chi connectivity index (χ4v) is 1.75. The number of nitrogens with one attached hydrogen (secondary N) is 1. The number of nitrogens with two attached hydrogens (primary N) is 1. The third kappa shape index (κ3) is 5.93. The average molecular weight is 279 g/mol. The molecule has 20 heavy (non-hydrogen) atoms. The minimum atomic E-state index is -0.495. The second-order valence-electron chi connectivity index (χ2n) is 6.13. The van der Waals surface area contributed by atoms with E-state index in [0.29, 0.717) is 12.2 Å². The standard InChI is InChI=1S/C15H25N3O2/c1-15(2,3)20-14(19)17-9-12-7-6-11(8-13(12)16)10-18(4)5/h6-8H,9-10,16H2,1-5H3,(H,17,19). The van der Waals surface area contributed by atoms with Crippen molar-refractivity contribution in [3.63, 3.8) is 0 Å². The maximum absolute atomic E-state index is 11.6. The van der Waals surface area contributed by atoms with Crippen LogP contribution in [0.25, 0.3) is 0 Å². The zero-order chi connectivity index (χ0) is 15.3. The maximum Gasteiger partial charge on any atom is 0.407 e. The highest BCUT2D eigenvalue weighted by molar-refractivity contribution is 5.68. The maximum atomic E-state index is 11.6. The van der Waals surface area contributed by atoms with Gasteiger partial charge in [-0.2, -0.15) is 0 Å². The van der Waals surface area contributed by atoms with Crippen molar-refractivity contribution in [3.8, 4) is 0 Å². The fraction of sp³-hybridized carbons (Fsp3) is 0.533. The number of alkyl carbamates (subject to hydrolysis) is 1. The number of benzene rings is 1. The predicted molar refractivity (Wildman–Crippen MR) is 81.3 cm³/mol. The largest absolute Gasteiger partial charge is 0.444 e. The van der Waals surface area contributed by atoms with Crippen LogP contribution in [-0.2, 0) is 17.8 Å². The number of hydrogen-bond donors (Lipinski definition) is 2. The van der Waals surface area contributed by atoms with Crippen LogP contribution in [0, 0.1) is 0 Å². The summed E-state index contributed by atoms with van der Waals surface area (Å²) in [6.45, 7) is 6.69. The molecule has 0 heterocycles. The van der Waals surface area contributed by atoms with Gasteiger partial charge in [0, 0.05) is 18.8 Å². The molecule has 0 atom stereocenters. The summed E-state index contributed by atoms with van der Waals surface area (Å²) in [7, 11) is 4.02. The van der Waals surface area contributed by atoms with Gasteiger partial charge in [-0.25, -0.2) is 4.79 Å². The van der Waals surface area contributed by atoms with Crippen molar-refractivity contribution < 1.29 is 9.53 Å². The minimum absolute atomic E-state index is 0.364. The van der Waals surface area contributed by atoms with Crippen molar-refractivity contribution in [2.24, 2.45) is 0 Å². The zero-order valence-electron chi connectivity index (χ0n) is 13.0. The number of rotatable bonds is 4. The molecule has 1 amide bonds. The number of carbonyl (C=O) groups excluding carboxylic acids is 1. The van der Waals surface area contributed by atoms with E-state index in [-0.39, 0.29) is 0 Å². The molecule has 1 aromatic rings. The third-order valence-electron chi connectivity index (χ3n) is 2.53. The van der Waals surface area contributed by atoms with Crippen LogP contribution in [0.1, 0.15) is 31.9 Å². The molecule has 0 spiro atoms. The molecule has 1 rings (SSSR count). The van der Waals surface area contributed by atoms with Crippen molar-refractivity contribution in [2.45, 2.75) is 39.5 Å². The first-order chi connectivity index (χ1) is 9.17. The van der Waals surface area contributed by atoms with E-state index in [1.54, 1.807) is 0 Å². The van der Waals surface area contributed by atoms with Gasteiger partial charge in [0.1, 0.15) is 5.60 Å². The quantitative estimate of drug-likeness (QED) is 0.830. The van der Waals surface area contributed by atoms with E-state index in [4.69, 9.17) is 10.5 Å². The Hall–Kier alpha value is -1.75. The van der Waals surface area contributed by atoms with Crippen molar-refractivity contribution >= 4 is 11.8 Å². The Morgan fingerprint density at radius 3 is 2.50 bits per heavy atom. The Morgan fingerprint density at radius 1 is 1.35 bits per heavy atom. The van der Waals surface area contributed by atoms with Gasteiger partial charge in [-0.15, -0.1) is 0 Å². The number of amides is 1. The van der Waals surface area contributed by atoms with Gasteiger partial charge in [0.25, 0.3) is 0 Å². The lowest BCUT2D eigenvalue weighted by atomic mass is 10.1. The summed E-state index contributed by atoms with van der Waals surface area (Å²) in [5.74, 6) is 0. The van der Waals surface area contributed by atoms with Gasteiger partial charge < -0.3 is 20.7 Å². The molecule has 0 aliphatic rings. The molecule has 0 saturated carbocycles. The molecule has 0 bridgehead atoms. The molecular formula is C15H25N3O2. The Morgan fingerprint density at radius 2 is 2.00 bits per heavy atom. The highest BCUT2D eigenvalue weighted by Crippen LogP contribution is 2.15. The summed E-state index contributed by atoms with van der Waals surface area (Å²) < 4.78 is 5.18. The number of nitrogen functional groups attached to an aromatic ring is 1. The van der Waals surface area contributed by atoms with Crippen LogP contribution < -0.4 is 11.1 Å². The van der Waals surface area contributed by atoms with Crippen LogP contribution in [0.2, 0.25) is 0 Å². The molecule has 0 radical (unpaired) electrons. The van der Waals surface area contributed by atoms with Crippen molar-refractivity contribution in [1.82, 2.24) is 10.2 Å². The molecule has 0 saturated heterocycles. The summed E-state index contributed by atoms with van der Waals surface area (Å²) in [6.07, 6.45) is -0.436. The number of carbonyl (C=O) groups is 1. The monoisotopic (exact) mass is 279 g/mol. The minimum Gasteiger partial charge on any atom is -0.444 e. The number of ether oxygens (including phenoxy) is 1. The summed E-state index contributed by atoms with van der Waals surface area (Å²) >= 11 is 0. The van der Waals surface area contributed by atoms with Crippen LogP contribution in [-0.4, -0.2) is 30.7 Å². The molecule has 0 aromatic heterocycles. The molecule has 5 heteroatoms. The van der Waals surface area contributed by atoms with E-state index in [9.17, 15) is 4.79 Å². The van der Waals surface area contributed by atoms with E-state index in [1.165, 1.54) is 0 Å². The van der Waals surface area contributed by atoms with Crippen molar-refractivity contribution in [3.05, 3.63) is 29.3 Å². The van der Waals surface area contributed by atoms with Gasteiger partial charge in [-0.05, 0) is 52.1 Å². The molecule has 5 nitrogen and oxygen atoms in total. The van der Waals surface area contributed by atoms with Crippen molar-refractivity contribution in [2.75, 3.05) is 19.8 Å². The van der Waals surface area contributed by atoms with Crippen LogP contribution >= 0.6 is 0 Å². The second-order valence-corrected chi connectivity index (χ2v) is 6.13. The smallest absolute Gasteiger partial charge is 0.407 e. The number of nitrogens with zero attached hydrogens (tertiary/aromatic N) is 1. The number of anilines is 1. The van der Waals surface area contributed by atoms with Crippen LogP contribution in [0.15, 0.2) is 18.2 Å². The highest BCUT2D eigenvalue weighted by atomic mass is 16.6. The molecule has 0 aliphatic heterocycles. The Balaban J connectivity index is 2.59. The van der Waals surface area contributed by atoms with Gasteiger partial charge >= 0.3 is 6.09 Å². The van der Waals surface area contributed by atoms with Crippen LogP contribution in [0.4, 0.5) is 10.5 Å². The summed E-state index contributed by atoms with van der Waals surface area (Å²) in [5.41, 5.74) is 8.22. The van der Waals surface area contributed by atoms with E-state index < -0.39 is 11.7 Å². The van der Waals surface area contributed by atoms with E-state index in [0.717, 1.165) is 17.7 Å². The molecule has 0 unspecified atom stereocenters. The van der Waals surface area contributed by atoms with E-state index in [2.05, 4.69) is 10.2 Å². The van der Waals surface area contributed by atoms with E-state index >= 15 is 0 Å². The van der Waals surface area contributed by atoms with Crippen LogP contribution in [0.3, 0.4) is 0 Å². The molecule has 1 aromatic carbocycles. The molecule has 112 valence electrons. The Kier molecular flexibility index (Phi) is 5.39. The van der Waals surface area contributed by atoms with Gasteiger partial charge in [-0.3, -0.25) is 0 Å². The predicted octanol–water partition coefficient (Wildman–Crippen LogP) is 2.36. The lowest BCUT2D eigenvalue weighted by Gasteiger charge is -2.20. The van der Waals surface area contributed by atoms with Gasteiger partial charge in [0.05, 0.1) is 0 Å². The van der Waals surface area contributed by atoms with Crippen LogP contribution in [0.5, 0.6) is 0 Å². The van der Waals surface area contributed by atoms with Gasteiger partial charge in [0.15, 0.2) is 0 Å². The lowest BCUT2D eigenvalue weighted by Crippen LogP contribution is -2.32. The van der Waals surface area contributed by atoms with Crippen molar-refractivity contribution in [1.29, 1.82) is 0 Å². The Bertz CT molecular complexity index is 465. The number of hydrogen-bond acceptors (Lipinski definition) is 4. The first-order valence-corrected chi connectivity index (χ1v) is 6.66. The summed E-state index contributed by atoms with van der Waals surface area (Å²) in [6, 6.07) is 5.89. The second kappa shape index (κ2) is 6.61. The van der Waals surface area contributed by atoms with Gasteiger partial charge in [-0.1, -0.05) is 12.1 Å². The van der Waals surface area contributed by atoms with E-state index in [1.807, 2.05) is 53.1 Å². The zero-order valence-corrected chi connectivity index (χ0v) is 13.0. The first kappa shape index (κ1) is 16.3. The first-order valence-electron chi connectivity index (χ1n) is 6.66. The fourth-order valence-electron chi connectivity index (χ4n) is 1.75. The third-order valence-corrected chi connectivity index (χ3v) is 2.53. The highest BCUT2D eigenvalue weighted by Gasteiger charge is 2.15.